The number of nitrogens with zero attached hydrogens (tertiary/aromatic N) is 1. The number of rotatable bonds is 9. The molecule has 2 aromatic carbocycles. The second-order valence-electron chi connectivity index (χ2n) is 7.45. The number of aliphatic hydroxyl groups excluding tert-OH is 1. The lowest BCUT2D eigenvalue weighted by Gasteiger charge is -2.25. The summed E-state index contributed by atoms with van der Waals surface area (Å²) in [5.41, 5.74) is 10.3. The van der Waals surface area contributed by atoms with Crippen LogP contribution in [0.2, 0.25) is 0 Å². The van der Waals surface area contributed by atoms with Crippen LogP contribution in [0.4, 0.5) is 4.79 Å². The van der Waals surface area contributed by atoms with E-state index in [-0.39, 0.29) is 6.04 Å². The number of aromatic nitrogens is 1. The number of hydrogen-bond acceptors (Lipinski definition) is 4. The standard InChI is InChI=1S/C24H27N3O3/c25-21(14-17-4-2-1-3-5-17)16-23(28)22(27-24(29)30)15-18-6-8-19(9-7-18)20-10-12-26-13-11-20/h1-13,21-23,27-28H,14-16,25H2,(H,29,30)/t21-,22-,23-/m0/s1. The Bertz CT molecular complexity index is 917. The molecule has 0 bridgehead atoms. The molecule has 3 aromatic rings. The van der Waals surface area contributed by atoms with Gasteiger partial charge in [-0.05, 0) is 53.6 Å². The normalized spacial score (nSPS) is 13.9. The summed E-state index contributed by atoms with van der Waals surface area (Å²) < 4.78 is 0. The minimum atomic E-state index is -1.16. The van der Waals surface area contributed by atoms with Crippen molar-refractivity contribution in [1.82, 2.24) is 10.3 Å². The van der Waals surface area contributed by atoms with E-state index in [0.29, 0.717) is 19.3 Å². The third-order valence-electron chi connectivity index (χ3n) is 5.08. The first-order valence-corrected chi connectivity index (χ1v) is 9.97. The van der Waals surface area contributed by atoms with E-state index in [9.17, 15) is 15.0 Å². The molecular weight excluding hydrogens is 378 g/mol. The van der Waals surface area contributed by atoms with Crippen molar-refractivity contribution in [2.45, 2.75) is 37.5 Å². The minimum Gasteiger partial charge on any atom is -0.465 e. The molecule has 156 valence electrons. The van der Waals surface area contributed by atoms with Gasteiger partial charge in [0.2, 0.25) is 0 Å². The fraction of sp³-hybridized carbons (Fsp3) is 0.250. The lowest BCUT2D eigenvalue weighted by atomic mass is 9.93. The highest BCUT2D eigenvalue weighted by Crippen LogP contribution is 2.20. The summed E-state index contributed by atoms with van der Waals surface area (Å²) in [7, 11) is 0. The second kappa shape index (κ2) is 10.5. The topological polar surface area (TPSA) is 108 Å². The van der Waals surface area contributed by atoms with Crippen LogP contribution in [0.3, 0.4) is 0 Å². The first kappa shape index (κ1) is 21.5. The lowest BCUT2D eigenvalue weighted by Crippen LogP contribution is -2.46. The predicted molar refractivity (Wildman–Crippen MR) is 117 cm³/mol. The highest BCUT2D eigenvalue weighted by molar-refractivity contribution is 5.65. The largest absolute Gasteiger partial charge is 0.465 e. The third-order valence-corrected chi connectivity index (χ3v) is 5.08. The molecule has 3 atom stereocenters. The Morgan fingerprint density at radius 1 is 0.900 bits per heavy atom. The van der Waals surface area contributed by atoms with Crippen LogP contribution in [0.25, 0.3) is 11.1 Å². The zero-order valence-corrected chi connectivity index (χ0v) is 16.7. The van der Waals surface area contributed by atoms with Crippen molar-refractivity contribution in [3.05, 3.63) is 90.3 Å². The average molecular weight is 405 g/mol. The number of carbonyl (C=O) groups is 1. The van der Waals surface area contributed by atoms with Crippen molar-refractivity contribution >= 4 is 6.09 Å². The summed E-state index contributed by atoms with van der Waals surface area (Å²) in [6, 6.07) is 20.6. The van der Waals surface area contributed by atoms with Crippen LogP contribution in [0.1, 0.15) is 17.5 Å². The quantitative estimate of drug-likeness (QED) is 0.437. The van der Waals surface area contributed by atoms with Crippen molar-refractivity contribution in [2.24, 2.45) is 5.73 Å². The highest BCUT2D eigenvalue weighted by Gasteiger charge is 2.24. The Hall–Kier alpha value is -3.22. The molecule has 0 spiro atoms. The molecule has 5 N–H and O–H groups in total. The summed E-state index contributed by atoms with van der Waals surface area (Å²) in [6.07, 6.45) is 2.73. The molecule has 0 aliphatic heterocycles. The zero-order valence-electron chi connectivity index (χ0n) is 16.7. The number of nitrogens with one attached hydrogen (secondary N) is 1. The molecule has 1 amide bonds. The Labute approximate surface area is 176 Å². The van der Waals surface area contributed by atoms with Crippen molar-refractivity contribution in [3.63, 3.8) is 0 Å². The molecule has 6 heteroatoms. The van der Waals surface area contributed by atoms with E-state index in [2.05, 4.69) is 10.3 Å². The van der Waals surface area contributed by atoms with Crippen LogP contribution in [0.15, 0.2) is 79.1 Å². The van der Waals surface area contributed by atoms with E-state index < -0.39 is 18.2 Å². The molecule has 0 unspecified atom stereocenters. The van der Waals surface area contributed by atoms with E-state index >= 15 is 0 Å². The summed E-state index contributed by atoms with van der Waals surface area (Å²) >= 11 is 0. The molecule has 0 fully saturated rings. The first-order valence-electron chi connectivity index (χ1n) is 9.97. The maximum atomic E-state index is 11.3. The molecule has 0 aliphatic rings. The minimum absolute atomic E-state index is 0.269. The van der Waals surface area contributed by atoms with Gasteiger partial charge in [0.25, 0.3) is 0 Å². The van der Waals surface area contributed by atoms with Gasteiger partial charge in [-0.3, -0.25) is 4.98 Å². The van der Waals surface area contributed by atoms with Crippen molar-refractivity contribution < 1.29 is 15.0 Å². The van der Waals surface area contributed by atoms with Crippen molar-refractivity contribution in [3.8, 4) is 11.1 Å². The Morgan fingerprint density at radius 2 is 1.50 bits per heavy atom. The molecule has 0 aliphatic carbocycles. The summed E-state index contributed by atoms with van der Waals surface area (Å²) in [5.74, 6) is 0. The van der Waals surface area contributed by atoms with Crippen LogP contribution < -0.4 is 11.1 Å². The van der Waals surface area contributed by atoms with Gasteiger partial charge in [0, 0.05) is 18.4 Å². The number of pyridine rings is 1. The monoisotopic (exact) mass is 405 g/mol. The Morgan fingerprint density at radius 3 is 2.13 bits per heavy atom. The molecule has 1 aromatic heterocycles. The van der Waals surface area contributed by atoms with E-state index in [1.54, 1.807) is 12.4 Å². The van der Waals surface area contributed by atoms with Gasteiger partial charge >= 0.3 is 6.09 Å². The first-order chi connectivity index (χ1) is 14.5. The van der Waals surface area contributed by atoms with Gasteiger partial charge in [0.15, 0.2) is 0 Å². The van der Waals surface area contributed by atoms with E-state index in [0.717, 1.165) is 22.3 Å². The fourth-order valence-corrected chi connectivity index (χ4v) is 3.55. The molecular formula is C24H27N3O3. The molecule has 30 heavy (non-hydrogen) atoms. The molecule has 0 radical (unpaired) electrons. The average Bonchev–Trinajstić information content (AvgIpc) is 2.74. The van der Waals surface area contributed by atoms with Gasteiger partial charge in [-0.25, -0.2) is 4.79 Å². The van der Waals surface area contributed by atoms with Gasteiger partial charge in [-0.2, -0.15) is 0 Å². The third kappa shape index (κ3) is 6.40. The maximum Gasteiger partial charge on any atom is 0.404 e. The van der Waals surface area contributed by atoms with Gasteiger partial charge in [-0.1, -0.05) is 54.6 Å². The van der Waals surface area contributed by atoms with E-state index in [1.807, 2.05) is 66.7 Å². The fourth-order valence-electron chi connectivity index (χ4n) is 3.55. The van der Waals surface area contributed by atoms with Crippen LogP contribution in [-0.2, 0) is 12.8 Å². The number of amides is 1. The van der Waals surface area contributed by atoms with Crippen LogP contribution in [0, 0.1) is 0 Å². The van der Waals surface area contributed by atoms with Crippen LogP contribution >= 0.6 is 0 Å². The second-order valence-corrected chi connectivity index (χ2v) is 7.45. The lowest BCUT2D eigenvalue weighted by molar-refractivity contribution is 0.105. The number of carboxylic acid groups (broad SMARTS) is 1. The van der Waals surface area contributed by atoms with E-state index in [1.165, 1.54) is 0 Å². The van der Waals surface area contributed by atoms with Crippen molar-refractivity contribution in [1.29, 1.82) is 0 Å². The summed E-state index contributed by atoms with van der Waals surface area (Å²) in [6.45, 7) is 0. The summed E-state index contributed by atoms with van der Waals surface area (Å²) in [5, 5.41) is 22.3. The van der Waals surface area contributed by atoms with Crippen LogP contribution in [0.5, 0.6) is 0 Å². The zero-order chi connectivity index (χ0) is 21.3. The van der Waals surface area contributed by atoms with Gasteiger partial charge in [-0.15, -0.1) is 0 Å². The Kier molecular flexibility index (Phi) is 7.54. The van der Waals surface area contributed by atoms with Gasteiger partial charge < -0.3 is 21.3 Å². The van der Waals surface area contributed by atoms with Crippen molar-refractivity contribution in [2.75, 3.05) is 0 Å². The molecule has 1 heterocycles. The highest BCUT2D eigenvalue weighted by atomic mass is 16.4. The SMILES string of the molecule is N[C@@H](Cc1ccccc1)C[C@H](O)[C@H](Cc1ccc(-c2ccncc2)cc1)NC(=O)O. The maximum absolute atomic E-state index is 11.3. The van der Waals surface area contributed by atoms with Crippen LogP contribution in [-0.4, -0.2) is 39.5 Å². The number of aliphatic hydroxyl groups is 1. The molecule has 0 saturated heterocycles. The molecule has 0 saturated carbocycles. The number of benzene rings is 2. The number of nitrogens with two attached hydrogens (primary N) is 1. The van der Waals surface area contributed by atoms with Gasteiger partial charge in [0.05, 0.1) is 12.1 Å². The Balaban J connectivity index is 1.64. The van der Waals surface area contributed by atoms with Gasteiger partial charge in [0.1, 0.15) is 0 Å². The number of hydrogen-bond donors (Lipinski definition) is 4. The predicted octanol–water partition coefficient (Wildman–Crippen LogP) is 3.25. The molecule has 3 rings (SSSR count). The smallest absolute Gasteiger partial charge is 0.404 e. The summed E-state index contributed by atoms with van der Waals surface area (Å²) in [4.78, 5) is 15.3. The molecule has 6 nitrogen and oxygen atoms in total. The van der Waals surface area contributed by atoms with E-state index in [4.69, 9.17) is 5.73 Å².